The fourth-order valence-electron chi connectivity index (χ4n) is 3.72. The average Bonchev–Trinajstić information content (AvgIpc) is 2.83. The van der Waals surface area contributed by atoms with Crippen LogP contribution in [-0.2, 0) is 0 Å². The first-order chi connectivity index (χ1) is 9.56. The second-order valence-electron chi connectivity index (χ2n) is 6.19. The lowest BCUT2D eigenvalue weighted by molar-refractivity contribution is 0.0782. The van der Waals surface area contributed by atoms with Crippen molar-refractivity contribution >= 4 is 5.91 Å². The number of carbonyl (C=O) groups is 1. The SMILES string of the molecule is Cc1cc(F)ccc1C(=O)N1CC2CCCC(N)C2C1. The molecule has 1 saturated carbocycles. The molecule has 1 aliphatic heterocycles. The molecule has 1 amide bonds. The van der Waals surface area contributed by atoms with E-state index in [0.717, 1.165) is 19.5 Å². The summed E-state index contributed by atoms with van der Waals surface area (Å²) in [7, 11) is 0. The van der Waals surface area contributed by atoms with Gasteiger partial charge in [-0.15, -0.1) is 0 Å². The summed E-state index contributed by atoms with van der Waals surface area (Å²) < 4.78 is 13.1. The van der Waals surface area contributed by atoms with E-state index in [9.17, 15) is 9.18 Å². The Labute approximate surface area is 118 Å². The van der Waals surface area contributed by atoms with Gasteiger partial charge in [0.05, 0.1) is 0 Å². The molecular weight excluding hydrogens is 255 g/mol. The Balaban J connectivity index is 1.78. The van der Waals surface area contributed by atoms with Crippen molar-refractivity contribution in [3.63, 3.8) is 0 Å². The second-order valence-corrected chi connectivity index (χ2v) is 6.19. The minimum absolute atomic E-state index is 0.0177. The highest BCUT2D eigenvalue weighted by Crippen LogP contribution is 2.36. The summed E-state index contributed by atoms with van der Waals surface area (Å²) in [6, 6.07) is 4.59. The number of likely N-dealkylation sites (tertiary alicyclic amines) is 1. The third-order valence-corrected chi connectivity index (χ3v) is 4.86. The Morgan fingerprint density at radius 3 is 2.85 bits per heavy atom. The lowest BCUT2D eigenvalue weighted by atomic mass is 9.78. The fourth-order valence-corrected chi connectivity index (χ4v) is 3.72. The molecule has 4 heteroatoms. The molecule has 1 aliphatic carbocycles. The quantitative estimate of drug-likeness (QED) is 0.855. The third-order valence-electron chi connectivity index (χ3n) is 4.86. The molecule has 1 saturated heterocycles. The highest BCUT2D eigenvalue weighted by atomic mass is 19.1. The Morgan fingerprint density at radius 2 is 2.15 bits per heavy atom. The predicted molar refractivity (Wildman–Crippen MR) is 75.8 cm³/mol. The highest BCUT2D eigenvalue weighted by molar-refractivity contribution is 5.95. The van der Waals surface area contributed by atoms with Crippen molar-refractivity contribution < 1.29 is 9.18 Å². The molecule has 1 heterocycles. The summed E-state index contributed by atoms with van der Waals surface area (Å²) in [5.74, 6) is 0.706. The van der Waals surface area contributed by atoms with Gasteiger partial charge in [-0.2, -0.15) is 0 Å². The highest BCUT2D eigenvalue weighted by Gasteiger charge is 2.40. The van der Waals surface area contributed by atoms with Gasteiger partial charge in [0.2, 0.25) is 0 Å². The minimum Gasteiger partial charge on any atom is -0.338 e. The van der Waals surface area contributed by atoms with Crippen LogP contribution in [0.4, 0.5) is 4.39 Å². The van der Waals surface area contributed by atoms with Crippen molar-refractivity contribution in [2.45, 2.75) is 32.2 Å². The number of carbonyl (C=O) groups excluding carboxylic acids is 1. The molecule has 2 N–H and O–H groups in total. The van der Waals surface area contributed by atoms with Gasteiger partial charge in [-0.05, 0) is 55.4 Å². The van der Waals surface area contributed by atoms with Crippen LogP contribution >= 0.6 is 0 Å². The maximum absolute atomic E-state index is 13.1. The number of rotatable bonds is 1. The van der Waals surface area contributed by atoms with E-state index in [1.807, 2.05) is 4.90 Å². The van der Waals surface area contributed by atoms with Gasteiger partial charge < -0.3 is 10.6 Å². The van der Waals surface area contributed by atoms with Crippen LogP contribution in [0.1, 0.15) is 35.2 Å². The Kier molecular flexibility index (Phi) is 3.50. The van der Waals surface area contributed by atoms with Gasteiger partial charge in [-0.1, -0.05) is 6.42 Å². The van der Waals surface area contributed by atoms with Crippen LogP contribution < -0.4 is 5.73 Å². The molecule has 20 heavy (non-hydrogen) atoms. The Bertz CT molecular complexity index is 531. The van der Waals surface area contributed by atoms with Crippen molar-refractivity contribution in [3.05, 3.63) is 35.1 Å². The molecule has 1 aromatic carbocycles. The first-order valence-electron chi connectivity index (χ1n) is 7.37. The number of halogens is 1. The molecule has 2 aliphatic rings. The van der Waals surface area contributed by atoms with Crippen molar-refractivity contribution in [1.82, 2.24) is 4.90 Å². The van der Waals surface area contributed by atoms with E-state index in [1.54, 1.807) is 13.0 Å². The molecule has 108 valence electrons. The monoisotopic (exact) mass is 276 g/mol. The number of amides is 1. The Morgan fingerprint density at radius 1 is 1.35 bits per heavy atom. The molecule has 3 nitrogen and oxygen atoms in total. The molecule has 1 aromatic rings. The van der Waals surface area contributed by atoms with Gasteiger partial charge in [-0.3, -0.25) is 4.79 Å². The topological polar surface area (TPSA) is 46.3 Å². The van der Waals surface area contributed by atoms with Gasteiger partial charge in [0.15, 0.2) is 0 Å². The number of nitrogens with two attached hydrogens (primary N) is 1. The van der Waals surface area contributed by atoms with Gasteiger partial charge in [0.1, 0.15) is 5.82 Å². The van der Waals surface area contributed by atoms with E-state index in [0.29, 0.717) is 23.0 Å². The predicted octanol–water partition coefficient (Wildman–Crippen LogP) is 2.33. The number of hydrogen-bond donors (Lipinski definition) is 1. The third kappa shape index (κ3) is 2.33. The molecule has 0 spiro atoms. The van der Waals surface area contributed by atoms with E-state index in [-0.39, 0.29) is 17.8 Å². The fraction of sp³-hybridized carbons (Fsp3) is 0.562. The molecule has 3 unspecified atom stereocenters. The maximum Gasteiger partial charge on any atom is 0.254 e. The molecule has 3 atom stereocenters. The van der Waals surface area contributed by atoms with E-state index >= 15 is 0 Å². The van der Waals surface area contributed by atoms with Crippen LogP contribution in [0.25, 0.3) is 0 Å². The number of fused-ring (bicyclic) bond motifs is 1. The zero-order valence-corrected chi connectivity index (χ0v) is 11.8. The van der Waals surface area contributed by atoms with Gasteiger partial charge in [0.25, 0.3) is 5.91 Å². The summed E-state index contributed by atoms with van der Waals surface area (Å²) in [4.78, 5) is 14.5. The van der Waals surface area contributed by atoms with Crippen molar-refractivity contribution in [1.29, 1.82) is 0 Å². The first-order valence-corrected chi connectivity index (χ1v) is 7.37. The van der Waals surface area contributed by atoms with E-state index < -0.39 is 0 Å². The van der Waals surface area contributed by atoms with E-state index in [2.05, 4.69) is 0 Å². The van der Waals surface area contributed by atoms with Crippen molar-refractivity contribution in [2.24, 2.45) is 17.6 Å². The molecule has 0 aromatic heterocycles. The van der Waals surface area contributed by atoms with Crippen LogP contribution in [0.15, 0.2) is 18.2 Å². The molecule has 2 fully saturated rings. The summed E-state index contributed by atoms with van der Waals surface area (Å²) >= 11 is 0. The van der Waals surface area contributed by atoms with Crippen LogP contribution in [0.3, 0.4) is 0 Å². The zero-order chi connectivity index (χ0) is 14.3. The smallest absolute Gasteiger partial charge is 0.254 e. The standard InChI is InChI=1S/C16H21FN2O/c1-10-7-12(17)5-6-13(10)16(20)19-8-11-3-2-4-15(18)14(11)9-19/h5-7,11,14-15H,2-4,8-9,18H2,1H3. The Hall–Kier alpha value is -1.42. The second kappa shape index (κ2) is 5.17. The number of benzene rings is 1. The largest absolute Gasteiger partial charge is 0.338 e. The van der Waals surface area contributed by atoms with E-state index in [4.69, 9.17) is 5.73 Å². The number of nitrogens with zero attached hydrogens (tertiary/aromatic N) is 1. The van der Waals surface area contributed by atoms with Gasteiger partial charge in [0, 0.05) is 24.7 Å². The van der Waals surface area contributed by atoms with Gasteiger partial charge >= 0.3 is 0 Å². The number of aryl methyl sites for hydroxylation is 1. The molecule has 0 bridgehead atoms. The number of hydrogen-bond acceptors (Lipinski definition) is 2. The van der Waals surface area contributed by atoms with Crippen molar-refractivity contribution in [2.75, 3.05) is 13.1 Å². The summed E-state index contributed by atoms with van der Waals surface area (Å²) in [6.07, 6.45) is 3.41. The van der Waals surface area contributed by atoms with Crippen molar-refractivity contribution in [3.8, 4) is 0 Å². The maximum atomic E-state index is 13.1. The van der Waals surface area contributed by atoms with Crippen LogP contribution in [0, 0.1) is 24.6 Å². The summed E-state index contributed by atoms with van der Waals surface area (Å²) in [5, 5.41) is 0. The lowest BCUT2D eigenvalue weighted by Crippen LogP contribution is -2.38. The van der Waals surface area contributed by atoms with Gasteiger partial charge in [-0.25, -0.2) is 4.39 Å². The zero-order valence-electron chi connectivity index (χ0n) is 11.8. The first kappa shape index (κ1) is 13.6. The summed E-state index contributed by atoms with van der Waals surface area (Å²) in [6.45, 7) is 3.33. The normalized spacial score (nSPS) is 29.4. The van der Waals surface area contributed by atoms with E-state index in [1.165, 1.54) is 25.0 Å². The molecular formula is C16H21FN2O. The molecule has 3 rings (SSSR count). The lowest BCUT2D eigenvalue weighted by Gasteiger charge is -2.29. The average molecular weight is 276 g/mol. The van der Waals surface area contributed by atoms with Crippen LogP contribution in [-0.4, -0.2) is 29.9 Å². The molecule has 0 radical (unpaired) electrons. The van der Waals surface area contributed by atoms with Crippen LogP contribution in [0.5, 0.6) is 0 Å². The van der Waals surface area contributed by atoms with Crippen LogP contribution in [0.2, 0.25) is 0 Å². The summed E-state index contributed by atoms with van der Waals surface area (Å²) in [5.41, 5.74) is 7.50. The minimum atomic E-state index is -0.295.